The molecule has 0 aliphatic rings. The first kappa shape index (κ1) is 7.51. The van der Waals surface area contributed by atoms with Crippen LogP contribution in [0.5, 0.6) is 0 Å². The second kappa shape index (κ2) is 3.54. The van der Waals surface area contributed by atoms with Crippen molar-refractivity contribution in [1.82, 2.24) is 4.98 Å². The summed E-state index contributed by atoms with van der Waals surface area (Å²) in [5, 5.41) is 0.523. The zero-order chi connectivity index (χ0) is 7.40. The number of pyridine rings is 1. The van der Waals surface area contributed by atoms with E-state index in [9.17, 15) is 0 Å². The van der Waals surface area contributed by atoms with Crippen molar-refractivity contribution in [2.24, 2.45) is 0 Å². The van der Waals surface area contributed by atoms with Crippen molar-refractivity contribution in [2.45, 2.75) is 6.61 Å². The van der Waals surface area contributed by atoms with E-state index in [4.69, 9.17) is 16.3 Å². The molecule has 53 valence electrons. The van der Waals surface area contributed by atoms with Crippen LogP contribution in [0.15, 0.2) is 12.3 Å². The molecule has 1 heterocycles. The minimum Gasteiger partial charge on any atom is -0.380 e. The molecule has 0 fully saturated rings. The van der Waals surface area contributed by atoms with Crippen molar-refractivity contribution < 1.29 is 4.74 Å². The highest BCUT2D eigenvalue weighted by Crippen LogP contribution is 2.07. The number of nitrogens with zero attached hydrogens (tertiary/aromatic N) is 1. The molecule has 0 aliphatic heterocycles. The summed E-state index contributed by atoms with van der Waals surface area (Å²) in [5.41, 5.74) is 0.964. The van der Waals surface area contributed by atoms with E-state index in [0.29, 0.717) is 11.6 Å². The maximum atomic E-state index is 5.61. The number of halogens is 1. The molecule has 3 heteroatoms. The van der Waals surface area contributed by atoms with Gasteiger partial charge in [-0.2, -0.15) is 0 Å². The molecule has 0 saturated heterocycles. The number of hydrogen-bond acceptors (Lipinski definition) is 2. The van der Waals surface area contributed by atoms with Crippen LogP contribution >= 0.6 is 11.6 Å². The summed E-state index contributed by atoms with van der Waals surface area (Å²) in [6.45, 7) is 0.543. The summed E-state index contributed by atoms with van der Waals surface area (Å²) in [6, 6.07) is 1.78. The smallest absolute Gasteiger partial charge is 0.109 e. The van der Waals surface area contributed by atoms with Gasteiger partial charge in [0.05, 0.1) is 11.6 Å². The lowest BCUT2D eigenvalue weighted by atomic mass is 10.3. The molecule has 0 amide bonds. The quantitative estimate of drug-likeness (QED) is 0.650. The normalized spacial score (nSPS) is 9.80. The molecule has 2 nitrogen and oxygen atoms in total. The van der Waals surface area contributed by atoms with Crippen LogP contribution in [0, 0.1) is 6.20 Å². The van der Waals surface area contributed by atoms with Crippen LogP contribution in [0.4, 0.5) is 0 Å². The van der Waals surface area contributed by atoms with Crippen molar-refractivity contribution in [3.63, 3.8) is 0 Å². The molecular formula is C7H7ClNO. The van der Waals surface area contributed by atoms with Gasteiger partial charge in [-0.3, -0.25) is 4.98 Å². The summed E-state index contributed by atoms with van der Waals surface area (Å²) < 4.78 is 4.87. The maximum absolute atomic E-state index is 5.61. The summed E-state index contributed by atoms with van der Waals surface area (Å²) in [6.07, 6.45) is 4.27. The highest BCUT2D eigenvalue weighted by atomic mass is 35.5. The summed E-state index contributed by atoms with van der Waals surface area (Å²) in [7, 11) is 1.63. The number of ether oxygens (including phenoxy) is 1. The van der Waals surface area contributed by atoms with E-state index in [1.165, 1.54) is 0 Å². The van der Waals surface area contributed by atoms with Crippen molar-refractivity contribution in [1.29, 1.82) is 0 Å². The second-order valence-corrected chi connectivity index (χ2v) is 2.28. The van der Waals surface area contributed by atoms with Gasteiger partial charge in [0.15, 0.2) is 0 Å². The van der Waals surface area contributed by atoms with Crippen LogP contribution in [0.2, 0.25) is 5.02 Å². The van der Waals surface area contributed by atoms with Crippen LogP contribution in [0.3, 0.4) is 0 Å². The third-order valence-corrected chi connectivity index (χ3v) is 1.22. The zero-order valence-electron chi connectivity index (χ0n) is 5.60. The van der Waals surface area contributed by atoms with Crippen LogP contribution in [0.1, 0.15) is 5.56 Å². The molecule has 0 aromatic carbocycles. The lowest BCUT2D eigenvalue weighted by molar-refractivity contribution is 0.184. The Morgan fingerprint density at radius 3 is 3.20 bits per heavy atom. The Labute approximate surface area is 64.8 Å². The molecule has 0 atom stereocenters. The second-order valence-electron chi connectivity index (χ2n) is 1.87. The fraction of sp³-hybridized carbons (Fsp3) is 0.286. The van der Waals surface area contributed by atoms with Gasteiger partial charge in [0, 0.05) is 13.3 Å². The van der Waals surface area contributed by atoms with E-state index >= 15 is 0 Å². The van der Waals surface area contributed by atoms with Gasteiger partial charge in [-0.05, 0) is 11.6 Å². The van der Waals surface area contributed by atoms with Crippen molar-refractivity contribution in [3.05, 3.63) is 29.0 Å². The minimum absolute atomic E-state index is 0.523. The molecule has 1 rings (SSSR count). The van der Waals surface area contributed by atoms with Gasteiger partial charge >= 0.3 is 0 Å². The highest BCUT2D eigenvalue weighted by Gasteiger charge is 1.92. The molecule has 1 radical (unpaired) electrons. The first-order chi connectivity index (χ1) is 4.83. The van der Waals surface area contributed by atoms with Crippen LogP contribution < -0.4 is 0 Å². The third kappa shape index (κ3) is 1.97. The summed E-state index contributed by atoms with van der Waals surface area (Å²) >= 11 is 5.61. The lowest BCUT2D eigenvalue weighted by Gasteiger charge is -1.96. The van der Waals surface area contributed by atoms with E-state index in [2.05, 4.69) is 11.2 Å². The fourth-order valence-electron chi connectivity index (χ4n) is 0.655. The predicted molar refractivity (Wildman–Crippen MR) is 38.8 cm³/mol. The Morgan fingerprint density at radius 2 is 2.60 bits per heavy atom. The van der Waals surface area contributed by atoms with Crippen molar-refractivity contribution in [3.8, 4) is 0 Å². The van der Waals surface area contributed by atoms with Crippen molar-refractivity contribution >= 4 is 11.6 Å². The van der Waals surface area contributed by atoms with Gasteiger partial charge in [0.25, 0.3) is 0 Å². The van der Waals surface area contributed by atoms with Crippen LogP contribution in [0.25, 0.3) is 0 Å². The molecule has 0 aliphatic carbocycles. The molecule has 1 aromatic rings. The zero-order valence-corrected chi connectivity index (χ0v) is 6.35. The first-order valence-electron chi connectivity index (χ1n) is 2.84. The van der Waals surface area contributed by atoms with E-state index in [0.717, 1.165) is 5.56 Å². The Kier molecular flexibility index (Phi) is 2.66. The third-order valence-electron chi connectivity index (χ3n) is 1.02. The Bertz CT molecular complexity index is 215. The molecule has 10 heavy (non-hydrogen) atoms. The van der Waals surface area contributed by atoms with E-state index in [1.807, 2.05) is 0 Å². The van der Waals surface area contributed by atoms with E-state index < -0.39 is 0 Å². The van der Waals surface area contributed by atoms with Gasteiger partial charge in [0.1, 0.15) is 6.20 Å². The van der Waals surface area contributed by atoms with Crippen LogP contribution in [-0.4, -0.2) is 12.1 Å². The molecule has 0 unspecified atom stereocenters. The average Bonchev–Trinajstić information content (AvgIpc) is 1.88. The lowest BCUT2D eigenvalue weighted by Crippen LogP contribution is -1.87. The number of rotatable bonds is 2. The van der Waals surface area contributed by atoms with Gasteiger partial charge in [0.2, 0.25) is 0 Å². The van der Waals surface area contributed by atoms with Crippen molar-refractivity contribution in [2.75, 3.05) is 7.11 Å². The highest BCUT2D eigenvalue weighted by molar-refractivity contribution is 6.30. The van der Waals surface area contributed by atoms with Gasteiger partial charge < -0.3 is 4.74 Å². The van der Waals surface area contributed by atoms with Crippen LogP contribution in [-0.2, 0) is 11.3 Å². The summed E-state index contributed by atoms with van der Waals surface area (Å²) in [4.78, 5) is 3.77. The topological polar surface area (TPSA) is 22.1 Å². The van der Waals surface area contributed by atoms with Gasteiger partial charge in [-0.1, -0.05) is 11.6 Å². The fourth-order valence-corrected chi connectivity index (χ4v) is 0.844. The molecule has 0 N–H and O–H groups in total. The monoisotopic (exact) mass is 156 g/mol. The SMILES string of the molecule is COCc1cn[c]c(Cl)c1. The predicted octanol–water partition coefficient (Wildman–Crippen LogP) is 1.68. The Hall–Kier alpha value is -0.600. The number of hydrogen-bond donors (Lipinski definition) is 0. The number of aromatic nitrogens is 1. The molecule has 0 bridgehead atoms. The Morgan fingerprint density at radius 1 is 1.80 bits per heavy atom. The standard InChI is InChI=1S/C7H7ClNO/c1-10-5-6-2-7(8)4-9-3-6/h2-3H,5H2,1H3. The molecule has 0 saturated carbocycles. The largest absolute Gasteiger partial charge is 0.380 e. The Balaban J connectivity index is 2.75. The first-order valence-corrected chi connectivity index (χ1v) is 3.22. The van der Waals surface area contributed by atoms with E-state index in [1.54, 1.807) is 19.4 Å². The van der Waals surface area contributed by atoms with E-state index in [-0.39, 0.29) is 0 Å². The molecule has 0 spiro atoms. The molecule has 1 aromatic heterocycles. The maximum Gasteiger partial charge on any atom is 0.109 e. The average molecular weight is 157 g/mol. The van der Waals surface area contributed by atoms with Gasteiger partial charge in [-0.15, -0.1) is 0 Å². The van der Waals surface area contributed by atoms with Gasteiger partial charge in [-0.25, -0.2) is 0 Å². The minimum atomic E-state index is 0.523. The number of methoxy groups -OCH3 is 1. The summed E-state index contributed by atoms with van der Waals surface area (Å²) in [5.74, 6) is 0. The molecular weight excluding hydrogens is 150 g/mol.